The van der Waals surface area contributed by atoms with Gasteiger partial charge in [-0.25, -0.2) is 4.98 Å². The minimum absolute atomic E-state index is 0.0628. The first kappa shape index (κ1) is 21.0. The number of thioether (sulfide) groups is 1. The van der Waals surface area contributed by atoms with Crippen molar-refractivity contribution in [3.63, 3.8) is 0 Å². The Bertz CT molecular complexity index is 1330. The van der Waals surface area contributed by atoms with Crippen molar-refractivity contribution in [2.45, 2.75) is 38.6 Å². The number of aromatic nitrogens is 2. The van der Waals surface area contributed by atoms with Crippen molar-refractivity contribution in [3.05, 3.63) is 70.8 Å². The Morgan fingerprint density at radius 1 is 1.16 bits per heavy atom. The van der Waals surface area contributed by atoms with Crippen molar-refractivity contribution in [1.29, 1.82) is 5.26 Å². The van der Waals surface area contributed by atoms with Crippen molar-refractivity contribution >= 4 is 40.0 Å². The van der Waals surface area contributed by atoms with Crippen molar-refractivity contribution in [3.8, 4) is 6.07 Å². The van der Waals surface area contributed by atoms with Crippen LogP contribution in [-0.2, 0) is 11.2 Å². The minimum Gasteiger partial charge on any atom is -0.325 e. The number of fused-ring (bicyclic) bond motifs is 3. The molecular formula is C25H24N4OS. The Morgan fingerprint density at radius 3 is 2.71 bits per heavy atom. The predicted octanol–water partition coefficient (Wildman–Crippen LogP) is 5.66. The molecule has 0 aliphatic carbocycles. The number of pyridine rings is 1. The standard InChI is InChI=1S/C25H24N4OS/c1-4-7-18-13-24(31-15-23(30)27-19-11-10-16(2)17(3)12-19)29-22-9-6-5-8-21(22)28-25(29)20(18)14-26/h5-6,8-13H,4,7,15H2,1-3H3,(H,27,30). The number of hydrogen-bond acceptors (Lipinski definition) is 4. The highest BCUT2D eigenvalue weighted by Crippen LogP contribution is 2.30. The van der Waals surface area contributed by atoms with Gasteiger partial charge in [-0.3, -0.25) is 9.20 Å². The van der Waals surface area contributed by atoms with Crippen LogP contribution in [0.2, 0.25) is 0 Å². The lowest BCUT2D eigenvalue weighted by atomic mass is 10.1. The topological polar surface area (TPSA) is 70.2 Å². The second-order valence-corrected chi connectivity index (χ2v) is 8.64. The van der Waals surface area contributed by atoms with E-state index in [2.05, 4.69) is 25.2 Å². The summed E-state index contributed by atoms with van der Waals surface area (Å²) in [4.78, 5) is 17.4. The van der Waals surface area contributed by atoms with E-state index in [4.69, 9.17) is 4.98 Å². The van der Waals surface area contributed by atoms with E-state index >= 15 is 0 Å². The summed E-state index contributed by atoms with van der Waals surface area (Å²) in [6.07, 6.45) is 1.73. The normalized spacial score (nSPS) is 11.0. The van der Waals surface area contributed by atoms with E-state index in [1.807, 2.05) is 59.9 Å². The third-order valence-electron chi connectivity index (χ3n) is 5.40. The third-order valence-corrected chi connectivity index (χ3v) is 6.40. The third kappa shape index (κ3) is 4.14. The maximum Gasteiger partial charge on any atom is 0.234 e. The summed E-state index contributed by atoms with van der Waals surface area (Å²) in [7, 11) is 0. The van der Waals surface area contributed by atoms with Gasteiger partial charge in [0.05, 0.1) is 27.4 Å². The molecule has 6 heteroatoms. The highest BCUT2D eigenvalue weighted by molar-refractivity contribution is 7.99. The van der Waals surface area contributed by atoms with Crippen LogP contribution in [0.25, 0.3) is 16.7 Å². The molecule has 0 bridgehead atoms. The number of aryl methyl sites for hydroxylation is 3. The number of imidazole rings is 1. The van der Waals surface area contributed by atoms with Crippen molar-refractivity contribution in [2.75, 3.05) is 11.1 Å². The quantitative estimate of drug-likeness (QED) is 0.402. The zero-order valence-electron chi connectivity index (χ0n) is 17.9. The van der Waals surface area contributed by atoms with Crippen molar-refractivity contribution < 1.29 is 4.79 Å². The van der Waals surface area contributed by atoms with Gasteiger partial charge in [0, 0.05) is 5.69 Å². The SMILES string of the molecule is CCCc1cc(SCC(=O)Nc2ccc(C)c(C)c2)n2c(nc3ccccc32)c1C#N. The molecule has 0 spiro atoms. The van der Waals surface area contributed by atoms with Gasteiger partial charge in [-0.2, -0.15) is 5.26 Å². The average molecular weight is 429 g/mol. The summed E-state index contributed by atoms with van der Waals surface area (Å²) in [6, 6.07) is 18.2. The number of benzene rings is 2. The molecular weight excluding hydrogens is 404 g/mol. The summed E-state index contributed by atoms with van der Waals surface area (Å²) in [5.41, 5.74) is 7.18. The van der Waals surface area contributed by atoms with Gasteiger partial charge in [0.25, 0.3) is 0 Å². The Hall–Kier alpha value is -3.30. The zero-order chi connectivity index (χ0) is 22.0. The van der Waals surface area contributed by atoms with Gasteiger partial charge in [0.15, 0.2) is 5.65 Å². The number of amides is 1. The second kappa shape index (κ2) is 8.83. The van der Waals surface area contributed by atoms with Crippen LogP contribution in [-0.4, -0.2) is 21.0 Å². The van der Waals surface area contributed by atoms with E-state index in [9.17, 15) is 10.1 Å². The monoisotopic (exact) mass is 428 g/mol. The van der Waals surface area contributed by atoms with Crippen molar-refractivity contribution in [1.82, 2.24) is 9.38 Å². The fourth-order valence-corrected chi connectivity index (χ4v) is 4.59. The van der Waals surface area contributed by atoms with Crippen LogP contribution >= 0.6 is 11.8 Å². The van der Waals surface area contributed by atoms with Gasteiger partial charge in [0.2, 0.25) is 5.91 Å². The molecule has 0 aliphatic rings. The average Bonchev–Trinajstić information content (AvgIpc) is 3.14. The Kier molecular flexibility index (Phi) is 5.97. The van der Waals surface area contributed by atoms with Gasteiger partial charge < -0.3 is 5.32 Å². The molecule has 5 nitrogen and oxygen atoms in total. The number of nitrogens with one attached hydrogen (secondary N) is 1. The van der Waals surface area contributed by atoms with E-state index in [0.717, 1.165) is 45.7 Å². The van der Waals surface area contributed by atoms with Crippen LogP contribution in [0.4, 0.5) is 5.69 Å². The summed E-state index contributed by atoms with van der Waals surface area (Å²) < 4.78 is 2.00. The number of carbonyl (C=O) groups excluding carboxylic acids is 1. The molecule has 0 unspecified atom stereocenters. The zero-order valence-corrected chi connectivity index (χ0v) is 18.7. The lowest BCUT2D eigenvalue weighted by Crippen LogP contribution is -2.14. The molecule has 0 aliphatic heterocycles. The molecule has 4 aromatic rings. The summed E-state index contributed by atoms with van der Waals surface area (Å²) in [5.74, 6) is 0.207. The molecule has 0 saturated heterocycles. The lowest BCUT2D eigenvalue weighted by Gasteiger charge is -2.12. The smallest absolute Gasteiger partial charge is 0.234 e. The number of hydrogen-bond donors (Lipinski definition) is 1. The molecule has 2 heterocycles. The van der Waals surface area contributed by atoms with Gasteiger partial charge in [0.1, 0.15) is 6.07 Å². The Balaban J connectivity index is 1.68. The molecule has 31 heavy (non-hydrogen) atoms. The second-order valence-electron chi connectivity index (χ2n) is 7.64. The van der Waals surface area contributed by atoms with E-state index in [1.54, 1.807) is 0 Å². The van der Waals surface area contributed by atoms with Crippen LogP contribution in [0, 0.1) is 25.2 Å². The fourth-order valence-electron chi connectivity index (χ4n) is 3.70. The summed E-state index contributed by atoms with van der Waals surface area (Å²) >= 11 is 1.46. The van der Waals surface area contributed by atoms with E-state index < -0.39 is 0 Å². The first-order valence-electron chi connectivity index (χ1n) is 10.3. The van der Waals surface area contributed by atoms with Gasteiger partial charge >= 0.3 is 0 Å². The van der Waals surface area contributed by atoms with Gasteiger partial charge in [-0.05, 0) is 67.3 Å². The molecule has 0 fully saturated rings. The largest absolute Gasteiger partial charge is 0.325 e. The highest BCUT2D eigenvalue weighted by Gasteiger charge is 2.17. The summed E-state index contributed by atoms with van der Waals surface area (Å²) in [5, 5.41) is 13.7. The van der Waals surface area contributed by atoms with E-state index in [1.165, 1.54) is 17.3 Å². The van der Waals surface area contributed by atoms with Crippen molar-refractivity contribution in [2.24, 2.45) is 0 Å². The van der Waals surface area contributed by atoms with E-state index in [-0.39, 0.29) is 11.7 Å². The van der Waals surface area contributed by atoms with E-state index in [0.29, 0.717) is 11.2 Å². The Morgan fingerprint density at radius 2 is 1.97 bits per heavy atom. The molecule has 156 valence electrons. The number of nitrogens with zero attached hydrogens (tertiary/aromatic N) is 3. The number of nitriles is 1. The lowest BCUT2D eigenvalue weighted by molar-refractivity contribution is -0.113. The molecule has 1 N–H and O–H groups in total. The molecule has 1 amide bonds. The van der Waals surface area contributed by atoms with Crippen LogP contribution in [0.15, 0.2) is 53.6 Å². The predicted molar refractivity (Wildman–Crippen MR) is 127 cm³/mol. The highest BCUT2D eigenvalue weighted by atomic mass is 32.2. The first-order valence-corrected chi connectivity index (χ1v) is 11.3. The molecule has 0 radical (unpaired) electrons. The molecule has 2 aromatic carbocycles. The minimum atomic E-state index is -0.0628. The summed E-state index contributed by atoms with van der Waals surface area (Å²) in [6.45, 7) is 6.18. The molecule has 0 saturated carbocycles. The number of carbonyl (C=O) groups is 1. The number of rotatable bonds is 6. The van der Waals surface area contributed by atoms with Crippen LogP contribution in [0.5, 0.6) is 0 Å². The Labute approximate surface area is 186 Å². The van der Waals surface area contributed by atoms with Crippen LogP contribution in [0.1, 0.15) is 35.6 Å². The maximum atomic E-state index is 12.6. The van der Waals surface area contributed by atoms with Crippen LogP contribution in [0.3, 0.4) is 0 Å². The number of anilines is 1. The fraction of sp³-hybridized carbons (Fsp3) is 0.240. The van der Waals surface area contributed by atoms with Gasteiger partial charge in [-0.15, -0.1) is 0 Å². The molecule has 4 rings (SSSR count). The van der Waals surface area contributed by atoms with Gasteiger partial charge in [-0.1, -0.05) is 43.3 Å². The van der Waals surface area contributed by atoms with Crippen LogP contribution < -0.4 is 5.32 Å². The first-order chi connectivity index (χ1) is 15.0. The molecule has 0 atom stereocenters. The number of para-hydroxylation sites is 2. The molecule has 2 aromatic heterocycles. The maximum absolute atomic E-state index is 12.6.